The lowest BCUT2D eigenvalue weighted by molar-refractivity contribution is 0.0963. The monoisotopic (exact) mass is 333 g/mol. The maximum atomic E-state index is 11.8. The minimum absolute atomic E-state index is 0.168. The number of benzene rings is 1. The first kappa shape index (κ1) is 17.1. The summed E-state index contributed by atoms with van der Waals surface area (Å²) < 4.78 is 5.61. The van der Waals surface area contributed by atoms with Crippen LogP contribution in [-0.4, -0.2) is 31.1 Å². The molecule has 0 unspecified atom stereocenters. The van der Waals surface area contributed by atoms with E-state index in [2.05, 4.69) is 15.6 Å². The first-order chi connectivity index (χ1) is 11.2. The zero-order chi connectivity index (χ0) is 16.7. The molecule has 2 aromatic rings. The van der Waals surface area contributed by atoms with E-state index in [9.17, 15) is 4.79 Å². The van der Waals surface area contributed by atoms with Crippen LogP contribution in [0.15, 0.2) is 36.5 Å². The first-order valence-corrected chi connectivity index (χ1v) is 7.85. The van der Waals surface area contributed by atoms with Gasteiger partial charge in [-0.25, -0.2) is 4.98 Å². The topological polar surface area (TPSA) is 63.2 Å². The molecule has 122 valence electrons. The summed E-state index contributed by atoms with van der Waals surface area (Å²) in [6.45, 7) is 3.16. The molecule has 0 bridgehead atoms. The highest BCUT2D eigenvalue weighted by Crippen LogP contribution is 2.23. The number of aromatic nitrogens is 1. The van der Waals surface area contributed by atoms with Crippen molar-refractivity contribution in [3.63, 3.8) is 0 Å². The summed E-state index contributed by atoms with van der Waals surface area (Å²) in [7, 11) is 1.60. The summed E-state index contributed by atoms with van der Waals surface area (Å²) in [5.41, 5.74) is 1.54. The number of nitrogens with zero attached hydrogens (tertiary/aromatic N) is 1. The molecule has 1 heterocycles. The highest BCUT2D eigenvalue weighted by Gasteiger charge is 2.10. The van der Waals surface area contributed by atoms with Crippen molar-refractivity contribution in [2.75, 3.05) is 25.5 Å². The highest BCUT2D eigenvalue weighted by molar-refractivity contribution is 6.30. The Morgan fingerprint density at radius 2 is 2.17 bits per heavy atom. The summed E-state index contributed by atoms with van der Waals surface area (Å²) in [5, 5.41) is 6.48. The third-order valence-electron chi connectivity index (χ3n) is 3.29. The Labute approximate surface area is 141 Å². The third-order valence-corrected chi connectivity index (χ3v) is 3.52. The summed E-state index contributed by atoms with van der Waals surface area (Å²) in [6, 6.07) is 9.05. The molecule has 1 amide bonds. The Morgan fingerprint density at radius 1 is 1.35 bits per heavy atom. The van der Waals surface area contributed by atoms with Crippen LogP contribution in [0.25, 0.3) is 0 Å². The van der Waals surface area contributed by atoms with Crippen LogP contribution in [0.1, 0.15) is 22.8 Å². The number of hydrogen-bond donors (Lipinski definition) is 2. The lowest BCUT2D eigenvalue weighted by Crippen LogP contribution is -2.20. The predicted octanol–water partition coefficient (Wildman–Crippen LogP) is 3.15. The minimum Gasteiger partial charge on any atom is -0.494 e. The van der Waals surface area contributed by atoms with Crippen molar-refractivity contribution in [2.24, 2.45) is 0 Å². The van der Waals surface area contributed by atoms with Crippen LogP contribution >= 0.6 is 11.6 Å². The second kappa shape index (κ2) is 8.39. The third kappa shape index (κ3) is 4.60. The zero-order valence-electron chi connectivity index (χ0n) is 13.2. The molecule has 2 rings (SSSR count). The summed E-state index contributed by atoms with van der Waals surface area (Å²) in [6.07, 6.45) is 2.36. The van der Waals surface area contributed by atoms with Gasteiger partial charge in [-0.15, -0.1) is 0 Å². The molecular weight excluding hydrogens is 314 g/mol. The number of halogens is 1. The molecule has 0 spiro atoms. The van der Waals surface area contributed by atoms with E-state index in [1.54, 1.807) is 25.4 Å². The van der Waals surface area contributed by atoms with Crippen molar-refractivity contribution in [1.29, 1.82) is 0 Å². The van der Waals surface area contributed by atoms with E-state index in [1.807, 2.05) is 25.1 Å². The van der Waals surface area contributed by atoms with Crippen LogP contribution < -0.4 is 15.4 Å². The molecule has 5 nitrogen and oxygen atoms in total. The molecule has 23 heavy (non-hydrogen) atoms. The molecule has 0 aliphatic rings. The smallest absolute Gasteiger partial charge is 0.254 e. The largest absolute Gasteiger partial charge is 0.494 e. The van der Waals surface area contributed by atoms with Gasteiger partial charge in [0.1, 0.15) is 11.6 Å². The fraction of sp³-hybridized carbons (Fsp3) is 0.294. The fourth-order valence-electron chi connectivity index (χ4n) is 2.22. The molecule has 0 saturated heterocycles. The van der Waals surface area contributed by atoms with E-state index in [1.165, 1.54) is 0 Å². The normalized spacial score (nSPS) is 10.2. The van der Waals surface area contributed by atoms with Gasteiger partial charge in [0.2, 0.25) is 0 Å². The molecule has 0 radical (unpaired) electrons. The van der Waals surface area contributed by atoms with Gasteiger partial charge in [-0.3, -0.25) is 4.79 Å². The van der Waals surface area contributed by atoms with E-state index in [0.29, 0.717) is 36.0 Å². The average Bonchev–Trinajstić information content (AvgIpc) is 2.57. The second-order valence-electron chi connectivity index (χ2n) is 4.84. The molecular formula is C17H20ClN3O2. The van der Waals surface area contributed by atoms with Crippen molar-refractivity contribution < 1.29 is 9.53 Å². The van der Waals surface area contributed by atoms with E-state index in [0.717, 1.165) is 11.3 Å². The molecule has 0 saturated carbocycles. The van der Waals surface area contributed by atoms with Crippen LogP contribution in [0, 0.1) is 0 Å². The Hall–Kier alpha value is -2.27. The van der Waals surface area contributed by atoms with Gasteiger partial charge in [0.15, 0.2) is 0 Å². The Morgan fingerprint density at radius 3 is 2.91 bits per heavy atom. The Bertz CT molecular complexity index is 677. The molecule has 1 aromatic heterocycles. The average molecular weight is 334 g/mol. The summed E-state index contributed by atoms with van der Waals surface area (Å²) in [4.78, 5) is 16.0. The number of carbonyl (C=O) groups excluding carboxylic acids is 1. The lowest BCUT2D eigenvalue weighted by atomic mass is 10.1. The fourth-order valence-corrected chi connectivity index (χ4v) is 2.41. The van der Waals surface area contributed by atoms with Crippen molar-refractivity contribution in [3.05, 3.63) is 52.7 Å². The molecule has 2 N–H and O–H groups in total. The van der Waals surface area contributed by atoms with Gasteiger partial charge >= 0.3 is 0 Å². The van der Waals surface area contributed by atoms with Crippen LogP contribution in [0.5, 0.6) is 5.75 Å². The van der Waals surface area contributed by atoms with E-state index < -0.39 is 0 Å². The number of amides is 1. The van der Waals surface area contributed by atoms with E-state index in [-0.39, 0.29) is 5.91 Å². The zero-order valence-corrected chi connectivity index (χ0v) is 14.0. The molecule has 0 aliphatic carbocycles. The van der Waals surface area contributed by atoms with Gasteiger partial charge in [-0.1, -0.05) is 11.6 Å². The van der Waals surface area contributed by atoms with Crippen LogP contribution in [0.2, 0.25) is 5.02 Å². The van der Waals surface area contributed by atoms with Crippen LogP contribution in [0.4, 0.5) is 5.82 Å². The SMILES string of the molecule is CCOc1ccc(Cl)cc1CCNc1ncccc1C(=O)NC. The maximum absolute atomic E-state index is 11.8. The molecule has 0 fully saturated rings. The van der Waals surface area contributed by atoms with Gasteiger partial charge in [0.25, 0.3) is 5.91 Å². The van der Waals surface area contributed by atoms with Gasteiger partial charge in [-0.05, 0) is 49.2 Å². The predicted molar refractivity (Wildman–Crippen MR) is 92.4 cm³/mol. The van der Waals surface area contributed by atoms with Gasteiger partial charge in [-0.2, -0.15) is 0 Å². The number of pyridine rings is 1. The number of nitrogens with one attached hydrogen (secondary N) is 2. The number of carbonyl (C=O) groups is 1. The Kier molecular flexibility index (Phi) is 6.23. The molecule has 1 aromatic carbocycles. The quantitative estimate of drug-likeness (QED) is 0.817. The highest BCUT2D eigenvalue weighted by atomic mass is 35.5. The van der Waals surface area contributed by atoms with Crippen molar-refractivity contribution in [2.45, 2.75) is 13.3 Å². The standard InChI is InChI=1S/C17H20ClN3O2/c1-3-23-15-7-6-13(18)11-12(15)8-10-21-16-14(17(22)19-2)5-4-9-20-16/h4-7,9,11H,3,8,10H2,1-2H3,(H,19,22)(H,20,21). The summed E-state index contributed by atoms with van der Waals surface area (Å²) in [5.74, 6) is 1.22. The number of rotatable bonds is 7. The van der Waals surface area contributed by atoms with Crippen molar-refractivity contribution in [1.82, 2.24) is 10.3 Å². The minimum atomic E-state index is -0.168. The maximum Gasteiger partial charge on any atom is 0.254 e. The van der Waals surface area contributed by atoms with Gasteiger partial charge in [0, 0.05) is 24.8 Å². The molecule has 6 heteroatoms. The van der Waals surface area contributed by atoms with Crippen LogP contribution in [0.3, 0.4) is 0 Å². The number of ether oxygens (including phenoxy) is 1. The van der Waals surface area contributed by atoms with Gasteiger partial charge in [0.05, 0.1) is 12.2 Å². The molecule has 0 aliphatic heterocycles. The second-order valence-corrected chi connectivity index (χ2v) is 5.28. The van der Waals surface area contributed by atoms with Gasteiger partial charge < -0.3 is 15.4 Å². The lowest BCUT2D eigenvalue weighted by Gasteiger charge is -2.13. The first-order valence-electron chi connectivity index (χ1n) is 7.48. The summed E-state index contributed by atoms with van der Waals surface area (Å²) >= 11 is 6.06. The van der Waals surface area contributed by atoms with Crippen molar-refractivity contribution >= 4 is 23.3 Å². The number of anilines is 1. The Balaban J connectivity index is 2.06. The van der Waals surface area contributed by atoms with Crippen LogP contribution in [-0.2, 0) is 6.42 Å². The van der Waals surface area contributed by atoms with Crippen molar-refractivity contribution in [3.8, 4) is 5.75 Å². The number of hydrogen-bond acceptors (Lipinski definition) is 4. The molecule has 0 atom stereocenters. The van der Waals surface area contributed by atoms with E-state index >= 15 is 0 Å². The van der Waals surface area contributed by atoms with E-state index in [4.69, 9.17) is 16.3 Å².